The zero-order valence-corrected chi connectivity index (χ0v) is 19.9. The molecule has 4 rings (SSSR count). The van der Waals surface area contributed by atoms with Crippen LogP contribution in [0, 0.1) is 0 Å². The third kappa shape index (κ3) is 4.47. The summed E-state index contributed by atoms with van der Waals surface area (Å²) in [6.07, 6.45) is 7.38. The van der Waals surface area contributed by atoms with Crippen molar-refractivity contribution >= 4 is 16.6 Å². The van der Waals surface area contributed by atoms with Gasteiger partial charge in [0.15, 0.2) is 0 Å². The van der Waals surface area contributed by atoms with E-state index in [0.29, 0.717) is 18.1 Å². The lowest BCUT2D eigenvalue weighted by atomic mass is 9.88. The monoisotopic (exact) mass is 431 g/mol. The van der Waals surface area contributed by atoms with Crippen molar-refractivity contribution in [3.63, 3.8) is 0 Å². The number of aromatic amines is 1. The highest BCUT2D eigenvalue weighted by molar-refractivity contribution is 5.87. The van der Waals surface area contributed by atoms with Crippen molar-refractivity contribution in [1.82, 2.24) is 9.88 Å². The number of fused-ring (bicyclic) bond motifs is 1. The van der Waals surface area contributed by atoms with Crippen molar-refractivity contribution in [1.29, 1.82) is 0 Å². The van der Waals surface area contributed by atoms with E-state index in [1.807, 2.05) is 37.4 Å². The number of piperidine rings is 1. The third-order valence-electron chi connectivity index (χ3n) is 7.20. The van der Waals surface area contributed by atoms with Gasteiger partial charge in [0.05, 0.1) is 0 Å². The van der Waals surface area contributed by atoms with Crippen LogP contribution in [0.15, 0.2) is 53.3 Å². The smallest absolute Gasteiger partial charge is 0.256 e. The van der Waals surface area contributed by atoms with Crippen molar-refractivity contribution in [3.05, 3.63) is 64.4 Å². The molecule has 1 aliphatic heterocycles. The van der Waals surface area contributed by atoms with Crippen molar-refractivity contribution in [3.8, 4) is 11.1 Å². The topological polar surface area (TPSA) is 48.1 Å². The van der Waals surface area contributed by atoms with Crippen LogP contribution < -0.4 is 10.9 Å². The first-order chi connectivity index (χ1) is 15.5. The van der Waals surface area contributed by atoms with Crippen LogP contribution in [0.4, 0.5) is 5.69 Å². The molecule has 0 radical (unpaired) electrons. The number of rotatable bonds is 7. The van der Waals surface area contributed by atoms with E-state index >= 15 is 0 Å². The molecular weight excluding hydrogens is 394 g/mol. The molecule has 3 unspecified atom stereocenters. The van der Waals surface area contributed by atoms with Gasteiger partial charge in [0, 0.05) is 47.3 Å². The molecule has 2 heterocycles. The lowest BCUT2D eigenvalue weighted by Gasteiger charge is -2.45. The van der Waals surface area contributed by atoms with E-state index in [4.69, 9.17) is 0 Å². The lowest BCUT2D eigenvalue weighted by molar-refractivity contribution is 0.0496. The second kappa shape index (κ2) is 9.91. The molecular formula is C28H37N3O. The number of anilines is 1. The number of unbranched alkanes of at least 4 members (excludes halogenated alkanes) is 1. The van der Waals surface area contributed by atoms with Crippen LogP contribution in [0.5, 0.6) is 0 Å². The van der Waals surface area contributed by atoms with Gasteiger partial charge in [-0.2, -0.15) is 0 Å². The predicted octanol–water partition coefficient (Wildman–Crippen LogP) is 6.73. The van der Waals surface area contributed by atoms with Gasteiger partial charge in [0.2, 0.25) is 0 Å². The summed E-state index contributed by atoms with van der Waals surface area (Å²) in [5.74, 6) is 0. The minimum absolute atomic E-state index is 0.0345. The van der Waals surface area contributed by atoms with Gasteiger partial charge >= 0.3 is 0 Å². The SMILES string of the molecule is CCCCC(c1cccc2[nH]c(=O)c(-c3cccc(NC)c3)cc12)N1C(C)CCCC1C. The van der Waals surface area contributed by atoms with Crippen molar-refractivity contribution in [2.24, 2.45) is 0 Å². The number of hydrogen-bond acceptors (Lipinski definition) is 3. The summed E-state index contributed by atoms with van der Waals surface area (Å²) in [7, 11) is 1.90. The Morgan fingerprint density at radius 1 is 1.09 bits per heavy atom. The average molecular weight is 432 g/mol. The van der Waals surface area contributed by atoms with Crippen LogP contribution >= 0.6 is 0 Å². The van der Waals surface area contributed by atoms with Crippen LogP contribution in [0.1, 0.15) is 70.9 Å². The second-order valence-corrected chi connectivity index (χ2v) is 9.39. The van der Waals surface area contributed by atoms with Gasteiger partial charge < -0.3 is 10.3 Å². The molecule has 170 valence electrons. The molecule has 0 bridgehead atoms. The number of benzene rings is 2. The Morgan fingerprint density at radius 2 is 1.84 bits per heavy atom. The fraction of sp³-hybridized carbons (Fsp3) is 0.464. The number of hydrogen-bond donors (Lipinski definition) is 2. The van der Waals surface area contributed by atoms with E-state index in [-0.39, 0.29) is 5.56 Å². The number of likely N-dealkylation sites (tertiary alicyclic amines) is 1. The molecule has 1 aromatic heterocycles. The molecule has 1 fully saturated rings. The van der Waals surface area contributed by atoms with Crippen LogP contribution in [0.25, 0.3) is 22.0 Å². The first-order valence-corrected chi connectivity index (χ1v) is 12.2. The highest BCUT2D eigenvalue weighted by Gasteiger charge is 2.32. The van der Waals surface area contributed by atoms with Crippen LogP contribution in [0.2, 0.25) is 0 Å². The summed E-state index contributed by atoms with van der Waals surface area (Å²) in [6.45, 7) is 7.04. The first-order valence-electron chi connectivity index (χ1n) is 12.2. The van der Waals surface area contributed by atoms with E-state index in [1.165, 1.54) is 43.1 Å². The summed E-state index contributed by atoms with van der Waals surface area (Å²) in [5.41, 5.74) is 4.93. The van der Waals surface area contributed by atoms with Gasteiger partial charge in [-0.3, -0.25) is 9.69 Å². The van der Waals surface area contributed by atoms with Crippen molar-refractivity contribution in [2.45, 2.75) is 77.4 Å². The second-order valence-electron chi connectivity index (χ2n) is 9.39. The van der Waals surface area contributed by atoms with Crippen LogP contribution in [-0.2, 0) is 0 Å². The molecule has 0 saturated carbocycles. The molecule has 3 atom stereocenters. The van der Waals surface area contributed by atoms with Crippen LogP contribution in [-0.4, -0.2) is 29.0 Å². The minimum Gasteiger partial charge on any atom is -0.388 e. The Morgan fingerprint density at radius 3 is 2.56 bits per heavy atom. The lowest BCUT2D eigenvalue weighted by Crippen LogP contribution is -2.46. The summed E-state index contributed by atoms with van der Waals surface area (Å²) in [5, 5.41) is 4.35. The highest BCUT2D eigenvalue weighted by Crippen LogP contribution is 2.38. The van der Waals surface area contributed by atoms with Gasteiger partial charge in [0.1, 0.15) is 0 Å². The molecule has 32 heavy (non-hydrogen) atoms. The van der Waals surface area contributed by atoms with E-state index in [9.17, 15) is 4.79 Å². The fourth-order valence-corrected chi connectivity index (χ4v) is 5.52. The van der Waals surface area contributed by atoms with Gasteiger partial charge in [-0.05, 0) is 68.5 Å². The first kappa shape index (κ1) is 22.6. The number of H-pyrrole nitrogens is 1. The Kier molecular flexibility index (Phi) is 7.00. The fourth-order valence-electron chi connectivity index (χ4n) is 5.52. The molecule has 0 spiro atoms. The minimum atomic E-state index is -0.0345. The van der Waals surface area contributed by atoms with E-state index in [0.717, 1.165) is 28.8 Å². The van der Waals surface area contributed by atoms with Crippen molar-refractivity contribution in [2.75, 3.05) is 12.4 Å². The van der Waals surface area contributed by atoms with Gasteiger partial charge in [-0.1, -0.05) is 50.5 Å². The van der Waals surface area contributed by atoms with Crippen molar-refractivity contribution < 1.29 is 0 Å². The molecule has 4 nitrogen and oxygen atoms in total. The standard InChI is InChI=1S/C28H37N3O/c1-5-6-16-27(31-19(2)10-7-11-20(31)3)23-14-9-15-26-25(23)18-24(28(32)30-26)21-12-8-13-22(17-21)29-4/h8-9,12-15,17-20,27,29H,5-7,10-11,16H2,1-4H3,(H,30,32). The summed E-state index contributed by atoms with van der Waals surface area (Å²) in [6, 6.07) is 18.1. The summed E-state index contributed by atoms with van der Waals surface area (Å²) >= 11 is 0. The number of nitrogens with zero attached hydrogens (tertiary/aromatic N) is 1. The van der Waals surface area contributed by atoms with Gasteiger partial charge in [-0.15, -0.1) is 0 Å². The Hall–Kier alpha value is -2.59. The van der Waals surface area contributed by atoms with E-state index in [1.54, 1.807) is 0 Å². The van der Waals surface area contributed by atoms with Crippen LogP contribution in [0.3, 0.4) is 0 Å². The maximum absolute atomic E-state index is 13.0. The molecule has 4 heteroatoms. The third-order valence-corrected chi connectivity index (χ3v) is 7.20. The van der Waals surface area contributed by atoms with E-state index in [2.05, 4.69) is 54.2 Å². The average Bonchev–Trinajstić information content (AvgIpc) is 2.80. The number of nitrogens with one attached hydrogen (secondary N) is 2. The maximum atomic E-state index is 13.0. The highest BCUT2D eigenvalue weighted by atomic mass is 16.1. The number of pyridine rings is 1. The molecule has 0 aliphatic carbocycles. The zero-order chi connectivity index (χ0) is 22.7. The molecule has 2 N–H and O–H groups in total. The number of aromatic nitrogens is 1. The van der Waals surface area contributed by atoms with Gasteiger partial charge in [-0.25, -0.2) is 0 Å². The van der Waals surface area contributed by atoms with E-state index < -0.39 is 0 Å². The largest absolute Gasteiger partial charge is 0.388 e. The zero-order valence-electron chi connectivity index (χ0n) is 19.9. The summed E-state index contributed by atoms with van der Waals surface area (Å²) in [4.78, 5) is 18.9. The molecule has 3 aromatic rings. The molecule has 0 amide bonds. The van der Waals surface area contributed by atoms with Gasteiger partial charge in [0.25, 0.3) is 5.56 Å². The molecule has 1 aliphatic rings. The Balaban J connectivity index is 1.87. The normalized spacial score (nSPS) is 20.4. The quantitative estimate of drug-likeness (QED) is 0.436. The summed E-state index contributed by atoms with van der Waals surface area (Å²) < 4.78 is 0. The Bertz CT molecular complexity index is 1110. The molecule has 2 aromatic carbocycles. The molecule has 1 saturated heterocycles. The predicted molar refractivity (Wildman–Crippen MR) is 136 cm³/mol. The Labute approximate surface area is 192 Å². The maximum Gasteiger partial charge on any atom is 0.256 e.